The summed E-state index contributed by atoms with van der Waals surface area (Å²) < 4.78 is 1.97. The molecule has 0 bridgehead atoms. The molecule has 5 nitrogen and oxygen atoms in total. The molecular weight excluding hydrogens is 262 g/mol. The van der Waals surface area contributed by atoms with E-state index in [0.29, 0.717) is 0 Å². The maximum Gasteiger partial charge on any atom is 0.0648 e. The van der Waals surface area contributed by atoms with E-state index < -0.39 is 0 Å². The summed E-state index contributed by atoms with van der Waals surface area (Å²) >= 11 is 0. The third-order valence-corrected chi connectivity index (χ3v) is 3.67. The van der Waals surface area contributed by atoms with Gasteiger partial charge in [0.25, 0.3) is 0 Å². The van der Waals surface area contributed by atoms with E-state index in [9.17, 15) is 0 Å². The lowest BCUT2D eigenvalue weighted by molar-refractivity contribution is 0.507. The second kappa shape index (κ2) is 6.80. The zero-order valence-corrected chi connectivity index (χ0v) is 13.6. The van der Waals surface area contributed by atoms with E-state index in [-0.39, 0.29) is 6.04 Å². The lowest BCUT2D eigenvalue weighted by Gasteiger charge is -2.20. The first kappa shape index (κ1) is 15.6. The number of nitrogens with one attached hydrogen (secondary N) is 1. The fourth-order valence-electron chi connectivity index (χ4n) is 2.60. The van der Waals surface area contributed by atoms with Gasteiger partial charge in [-0.2, -0.15) is 15.3 Å². The topological polar surface area (TPSA) is 55.6 Å². The summed E-state index contributed by atoms with van der Waals surface area (Å²) in [6, 6.07) is 4.53. The SMILES string of the molecule is CCCNC(Cc1cc(C)nn1C)c1cc(C)nnc1C. The smallest absolute Gasteiger partial charge is 0.0648 e. The van der Waals surface area contributed by atoms with Gasteiger partial charge in [-0.05, 0) is 51.4 Å². The van der Waals surface area contributed by atoms with Crippen molar-refractivity contribution in [2.45, 2.75) is 46.6 Å². The normalized spacial score (nSPS) is 12.6. The molecule has 2 aromatic heterocycles. The summed E-state index contributed by atoms with van der Waals surface area (Å²) in [5, 5.41) is 16.5. The number of hydrogen-bond acceptors (Lipinski definition) is 4. The summed E-state index contributed by atoms with van der Waals surface area (Å²) in [6.07, 6.45) is 2.01. The number of aryl methyl sites for hydroxylation is 4. The first-order valence-corrected chi connectivity index (χ1v) is 7.55. The number of hydrogen-bond donors (Lipinski definition) is 1. The van der Waals surface area contributed by atoms with Gasteiger partial charge in [0.05, 0.1) is 17.1 Å². The molecule has 0 aliphatic rings. The maximum absolute atomic E-state index is 4.44. The number of rotatable bonds is 6. The van der Waals surface area contributed by atoms with Crippen LogP contribution in [-0.2, 0) is 13.5 Å². The largest absolute Gasteiger partial charge is 0.310 e. The van der Waals surface area contributed by atoms with Crippen molar-refractivity contribution in [2.75, 3.05) is 6.54 Å². The van der Waals surface area contributed by atoms with Crippen molar-refractivity contribution in [2.24, 2.45) is 7.05 Å². The molecule has 114 valence electrons. The highest BCUT2D eigenvalue weighted by Crippen LogP contribution is 2.21. The van der Waals surface area contributed by atoms with E-state index in [1.165, 1.54) is 11.3 Å². The summed E-state index contributed by atoms with van der Waals surface area (Å²) in [6.45, 7) is 9.21. The Balaban J connectivity index is 2.29. The van der Waals surface area contributed by atoms with Crippen molar-refractivity contribution in [1.29, 1.82) is 0 Å². The Bertz CT molecular complexity index is 603. The van der Waals surface area contributed by atoms with E-state index in [2.05, 4.69) is 39.7 Å². The molecule has 2 rings (SSSR count). The van der Waals surface area contributed by atoms with E-state index >= 15 is 0 Å². The monoisotopic (exact) mass is 287 g/mol. The van der Waals surface area contributed by atoms with Gasteiger partial charge in [0.2, 0.25) is 0 Å². The minimum atomic E-state index is 0.244. The molecule has 0 amide bonds. The van der Waals surface area contributed by atoms with Gasteiger partial charge in [0.15, 0.2) is 0 Å². The Kier molecular flexibility index (Phi) is 5.07. The highest BCUT2D eigenvalue weighted by molar-refractivity contribution is 5.26. The molecule has 0 radical (unpaired) electrons. The summed E-state index contributed by atoms with van der Waals surface area (Å²) in [7, 11) is 2.00. The number of nitrogens with zero attached hydrogens (tertiary/aromatic N) is 4. The molecule has 0 saturated carbocycles. The molecule has 0 saturated heterocycles. The third-order valence-electron chi connectivity index (χ3n) is 3.67. The highest BCUT2D eigenvalue weighted by atomic mass is 15.3. The Morgan fingerprint density at radius 1 is 1.14 bits per heavy atom. The molecule has 1 unspecified atom stereocenters. The quantitative estimate of drug-likeness (QED) is 0.886. The fourth-order valence-corrected chi connectivity index (χ4v) is 2.60. The van der Waals surface area contributed by atoms with Gasteiger partial charge >= 0.3 is 0 Å². The fraction of sp³-hybridized carbons (Fsp3) is 0.562. The van der Waals surface area contributed by atoms with Crippen molar-refractivity contribution in [1.82, 2.24) is 25.3 Å². The van der Waals surface area contributed by atoms with E-state index in [0.717, 1.165) is 36.5 Å². The van der Waals surface area contributed by atoms with Crippen LogP contribution >= 0.6 is 0 Å². The molecular formula is C16H25N5. The highest BCUT2D eigenvalue weighted by Gasteiger charge is 2.17. The van der Waals surface area contributed by atoms with Crippen molar-refractivity contribution in [3.05, 3.63) is 40.5 Å². The Morgan fingerprint density at radius 2 is 1.90 bits per heavy atom. The second-order valence-electron chi connectivity index (χ2n) is 5.64. The lowest BCUT2D eigenvalue weighted by atomic mass is 10.00. The average molecular weight is 287 g/mol. The zero-order valence-electron chi connectivity index (χ0n) is 13.6. The van der Waals surface area contributed by atoms with Gasteiger partial charge in [-0.15, -0.1) is 0 Å². The van der Waals surface area contributed by atoms with E-state index in [1.54, 1.807) is 0 Å². The average Bonchev–Trinajstić information content (AvgIpc) is 2.75. The molecule has 1 N–H and O–H groups in total. The molecule has 0 aliphatic carbocycles. The van der Waals surface area contributed by atoms with Gasteiger partial charge in [-0.1, -0.05) is 6.92 Å². The predicted molar refractivity (Wildman–Crippen MR) is 84.2 cm³/mol. The van der Waals surface area contributed by atoms with Crippen LogP contribution in [0.2, 0.25) is 0 Å². The molecule has 0 aliphatic heterocycles. The van der Waals surface area contributed by atoms with Crippen LogP contribution in [0.1, 0.15) is 47.7 Å². The van der Waals surface area contributed by atoms with Crippen LogP contribution < -0.4 is 5.32 Å². The van der Waals surface area contributed by atoms with E-state index in [1.807, 2.05) is 32.5 Å². The standard InChI is InChI=1S/C16H25N5/c1-6-7-17-16(10-14-8-12(3)20-21(14)5)15-9-11(2)18-19-13(15)4/h8-9,16-17H,6-7,10H2,1-5H3. The summed E-state index contributed by atoms with van der Waals surface area (Å²) in [5.74, 6) is 0. The molecule has 2 aromatic rings. The van der Waals surface area contributed by atoms with Crippen LogP contribution in [-0.4, -0.2) is 26.5 Å². The Morgan fingerprint density at radius 3 is 2.52 bits per heavy atom. The molecule has 0 spiro atoms. The van der Waals surface area contributed by atoms with Gasteiger partial charge in [-0.3, -0.25) is 4.68 Å². The molecule has 1 atom stereocenters. The van der Waals surface area contributed by atoms with Gasteiger partial charge in [0, 0.05) is 25.2 Å². The molecule has 0 fully saturated rings. The number of aromatic nitrogens is 4. The van der Waals surface area contributed by atoms with Crippen LogP contribution in [0.25, 0.3) is 0 Å². The molecule has 2 heterocycles. The molecule has 21 heavy (non-hydrogen) atoms. The van der Waals surface area contributed by atoms with Crippen LogP contribution in [0.5, 0.6) is 0 Å². The van der Waals surface area contributed by atoms with Gasteiger partial charge in [-0.25, -0.2) is 0 Å². The van der Waals surface area contributed by atoms with Crippen LogP contribution in [0.15, 0.2) is 12.1 Å². The first-order valence-electron chi connectivity index (χ1n) is 7.55. The summed E-state index contributed by atoms with van der Waals surface area (Å²) in [4.78, 5) is 0. The van der Waals surface area contributed by atoms with Gasteiger partial charge in [0.1, 0.15) is 0 Å². The van der Waals surface area contributed by atoms with Crippen molar-refractivity contribution >= 4 is 0 Å². The van der Waals surface area contributed by atoms with Crippen LogP contribution in [0, 0.1) is 20.8 Å². The van der Waals surface area contributed by atoms with Crippen LogP contribution in [0.4, 0.5) is 0 Å². The third kappa shape index (κ3) is 3.88. The first-order chi connectivity index (χ1) is 10.0. The minimum Gasteiger partial charge on any atom is -0.310 e. The van der Waals surface area contributed by atoms with Crippen LogP contribution in [0.3, 0.4) is 0 Å². The second-order valence-corrected chi connectivity index (χ2v) is 5.64. The van der Waals surface area contributed by atoms with Crippen molar-refractivity contribution < 1.29 is 0 Å². The van der Waals surface area contributed by atoms with Gasteiger partial charge < -0.3 is 5.32 Å². The van der Waals surface area contributed by atoms with E-state index in [4.69, 9.17) is 0 Å². The van der Waals surface area contributed by atoms with Crippen molar-refractivity contribution in [3.63, 3.8) is 0 Å². The minimum absolute atomic E-state index is 0.244. The summed E-state index contributed by atoms with van der Waals surface area (Å²) in [5.41, 5.74) is 5.47. The Hall–Kier alpha value is -1.75. The lowest BCUT2D eigenvalue weighted by Crippen LogP contribution is -2.26. The predicted octanol–water partition coefficient (Wildman–Crippen LogP) is 2.42. The Labute approximate surface area is 126 Å². The van der Waals surface area contributed by atoms with Crippen molar-refractivity contribution in [3.8, 4) is 0 Å². The molecule has 5 heteroatoms. The maximum atomic E-state index is 4.44. The molecule has 0 aromatic carbocycles. The zero-order chi connectivity index (χ0) is 15.4.